The Labute approximate surface area is 94.6 Å². The maximum absolute atomic E-state index is 9.13. The van der Waals surface area contributed by atoms with E-state index in [2.05, 4.69) is 25.7 Å². The summed E-state index contributed by atoms with van der Waals surface area (Å²) in [6, 6.07) is 0.448. The Morgan fingerprint density at radius 3 is 2.40 bits per heavy atom. The molecule has 0 aliphatic rings. The van der Waals surface area contributed by atoms with Crippen LogP contribution >= 0.6 is 0 Å². The van der Waals surface area contributed by atoms with Gasteiger partial charge in [0.25, 0.3) is 0 Å². The Bertz CT molecular complexity index is 160. The van der Waals surface area contributed by atoms with Gasteiger partial charge >= 0.3 is 0 Å². The van der Waals surface area contributed by atoms with E-state index >= 15 is 0 Å². The molecule has 0 spiro atoms. The lowest BCUT2D eigenvalue weighted by molar-refractivity contribution is 0.139. The summed E-state index contributed by atoms with van der Waals surface area (Å²) >= 11 is 0. The molecule has 0 bridgehead atoms. The summed E-state index contributed by atoms with van der Waals surface area (Å²) in [6.07, 6.45) is 3.31. The highest BCUT2D eigenvalue weighted by Crippen LogP contribution is 2.13. The van der Waals surface area contributed by atoms with E-state index in [0.717, 1.165) is 19.5 Å². The van der Waals surface area contributed by atoms with Gasteiger partial charge in [-0.2, -0.15) is 0 Å². The van der Waals surface area contributed by atoms with Crippen molar-refractivity contribution >= 4 is 0 Å². The van der Waals surface area contributed by atoms with E-state index in [1.807, 2.05) is 6.92 Å². The van der Waals surface area contributed by atoms with Gasteiger partial charge in [0.15, 0.2) is 0 Å². The molecule has 15 heavy (non-hydrogen) atoms. The molecule has 2 unspecified atom stereocenters. The molecule has 2 atom stereocenters. The monoisotopic (exact) mass is 216 g/mol. The zero-order valence-corrected chi connectivity index (χ0v) is 10.8. The van der Waals surface area contributed by atoms with Crippen molar-refractivity contribution in [1.82, 2.24) is 4.90 Å². The molecule has 92 valence electrons. The standard InChI is InChI=1S/C12H28N2O/c1-5-7-8-14(6-2)11(3)9-12(4,13)10-15/h11,15H,5-10,13H2,1-4H3. The largest absolute Gasteiger partial charge is 0.394 e. The summed E-state index contributed by atoms with van der Waals surface area (Å²) in [4.78, 5) is 2.43. The van der Waals surface area contributed by atoms with Gasteiger partial charge in [0, 0.05) is 11.6 Å². The number of aliphatic hydroxyl groups is 1. The number of unbranched alkanes of at least 4 members (excludes halogenated alkanes) is 1. The minimum absolute atomic E-state index is 0.0582. The van der Waals surface area contributed by atoms with Crippen molar-refractivity contribution in [3.05, 3.63) is 0 Å². The van der Waals surface area contributed by atoms with Crippen molar-refractivity contribution in [3.8, 4) is 0 Å². The van der Waals surface area contributed by atoms with Gasteiger partial charge in [-0.15, -0.1) is 0 Å². The van der Waals surface area contributed by atoms with Crippen molar-refractivity contribution in [2.24, 2.45) is 5.73 Å². The van der Waals surface area contributed by atoms with Crippen LogP contribution in [-0.4, -0.2) is 41.3 Å². The third-order valence-corrected chi connectivity index (χ3v) is 2.95. The highest BCUT2D eigenvalue weighted by molar-refractivity contribution is 4.83. The predicted molar refractivity (Wildman–Crippen MR) is 65.9 cm³/mol. The molecule has 0 rings (SSSR count). The van der Waals surface area contributed by atoms with Crippen molar-refractivity contribution in [3.63, 3.8) is 0 Å². The van der Waals surface area contributed by atoms with Gasteiger partial charge in [-0.25, -0.2) is 0 Å². The van der Waals surface area contributed by atoms with Crippen LogP contribution in [0.2, 0.25) is 0 Å². The number of aliphatic hydroxyl groups excluding tert-OH is 1. The smallest absolute Gasteiger partial charge is 0.0609 e. The van der Waals surface area contributed by atoms with Crippen LogP contribution in [0.5, 0.6) is 0 Å². The molecule has 0 saturated heterocycles. The average molecular weight is 216 g/mol. The molecule has 0 aliphatic carbocycles. The van der Waals surface area contributed by atoms with Crippen LogP contribution in [0.4, 0.5) is 0 Å². The van der Waals surface area contributed by atoms with E-state index in [1.165, 1.54) is 12.8 Å². The molecule has 0 saturated carbocycles. The second-order valence-electron chi connectivity index (χ2n) is 4.85. The third-order valence-electron chi connectivity index (χ3n) is 2.95. The predicted octanol–water partition coefficient (Wildman–Crippen LogP) is 1.60. The van der Waals surface area contributed by atoms with Crippen molar-refractivity contribution < 1.29 is 5.11 Å². The number of hydrogen-bond acceptors (Lipinski definition) is 3. The lowest BCUT2D eigenvalue weighted by Gasteiger charge is -2.33. The molecular weight excluding hydrogens is 188 g/mol. The highest BCUT2D eigenvalue weighted by atomic mass is 16.3. The molecule has 0 amide bonds. The van der Waals surface area contributed by atoms with E-state index in [1.54, 1.807) is 0 Å². The SMILES string of the molecule is CCCCN(CC)C(C)CC(C)(N)CO. The fraction of sp³-hybridized carbons (Fsp3) is 1.00. The maximum atomic E-state index is 9.13. The van der Waals surface area contributed by atoms with Gasteiger partial charge in [-0.05, 0) is 39.8 Å². The first kappa shape index (κ1) is 14.9. The first-order valence-corrected chi connectivity index (χ1v) is 6.10. The Morgan fingerprint density at radius 2 is 2.00 bits per heavy atom. The third kappa shape index (κ3) is 6.13. The molecule has 3 nitrogen and oxygen atoms in total. The normalized spacial score (nSPS) is 17.8. The Hall–Kier alpha value is -0.120. The number of nitrogens with two attached hydrogens (primary N) is 1. The van der Waals surface area contributed by atoms with Crippen molar-refractivity contribution in [2.75, 3.05) is 19.7 Å². The second kappa shape index (κ2) is 7.20. The molecule has 0 aromatic rings. The van der Waals surface area contributed by atoms with Crippen molar-refractivity contribution in [2.45, 2.75) is 58.5 Å². The van der Waals surface area contributed by atoms with Crippen LogP contribution in [0.1, 0.15) is 47.0 Å². The van der Waals surface area contributed by atoms with E-state index in [0.29, 0.717) is 6.04 Å². The number of rotatable bonds is 8. The Morgan fingerprint density at radius 1 is 1.40 bits per heavy atom. The van der Waals surface area contributed by atoms with Crippen LogP contribution in [0.25, 0.3) is 0 Å². The number of nitrogens with zero attached hydrogens (tertiary/aromatic N) is 1. The molecule has 0 radical (unpaired) electrons. The maximum Gasteiger partial charge on any atom is 0.0609 e. The summed E-state index contributed by atoms with van der Waals surface area (Å²) in [5.41, 5.74) is 5.52. The molecular formula is C12H28N2O. The van der Waals surface area contributed by atoms with E-state index in [9.17, 15) is 0 Å². The first-order chi connectivity index (χ1) is 6.96. The quantitative estimate of drug-likeness (QED) is 0.648. The molecule has 0 fully saturated rings. The van der Waals surface area contributed by atoms with Crippen LogP contribution in [0.15, 0.2) is 0 Å². The lowest BCUT2D eigenvalue weighted by Crippen LogP contribution is -2.47. The fourth-order valence-electron chi connectivity index (χ4n) is 1.92. The number of hydrogen-bond donors (Lipinski definition) is 2. The Kier molecular flexibility index (Phi) is 7.14. The van der Waals surface area contributed by atoms with E-state index < -0.39 is 5.54 Å². The van der Waals surface area contributed by atoms with Crippen LogP contribution in [0.3, 0.4) is 0 Å². The van der Waals surface area contributed by atoms with Crippen LogP contribution in [-0.2, 0) is 0 Å². The molecule has 0 aromatic carbocycles. The average Bonchev–Trinajstić information content (AvgIpc) is 2.18. The Balaban J connectivity index is 4.08. The molecule has 0 aliphatic heterocycles. The molecule has 0 aromatic heterocycles. The van der Waals surface area contributed by atoms with E-state index in [-0.39, 0.29) is 6.61 Å². The van der Waals surface area contributed by atoms with Gasteiger partial charge in [0.05, 0.1) is 6.61 Å². The summed E-state index contributed by atoms with van der Waals surface area (Å²) in [5, 5.41) is 9.13. The summed E-state index contributed by atoms with van der Waals surface area (Å²) in [5.74, 6) is 0. The van der Waals surface area contributed by atoms with Crippen LogP contribution in [0, 0.1) is 0 Å². The van der Waals surface area contributed by atoms with Gasteiger partial charge in [0.1, 0.15) is 0 Å². The fourth-order valence-corrected chi connectivity index (χ4v) is 1.92. The van der Waals surface area contributed by atoms with Gasteiger partial charge < -0.3 is 15.7 Å². The highest BCUT2D eigenvalue weighted by Gasteiger charge is 2.23. The van der Waals surface area contributed by atoms with E-state index in [4.69, 9.17) is 10.8 Å². The summed E-state index contributed by atoms with van der Waals surface area (Å²) in [7, 11) is 0. The molecule has 3 N–H and O–H groups in total. The first-order valence-electron chi connectivity index (χ1n) is 6.10. The zero-order chi connectivity index (χ0) is 11.9. The minimum atomic E-state index is -0.445. The van der Waals surface area contributed by atoms with Gasteiger partial charge in [0.2, 0.25) is 0 Å². The van der Waals surface area contributed by atoms with Gasteiger partial charge in [-0.1, -0.05) is 20.3 Å². The lowest BCUT2D eigenvalue weighted by atomic mass is 9.95. The minimum Gasteiger partial charge on any atom is -0.394 e. The molecule has 0 heterocycles. The van der Waals surface area contributed by atoms with Crippen LogP contribution < -0.4 is 5.73 Å². The second-order valence-corrected chi connectivity index (χ2v) is 4.85. The zero-order valence-electron chi connectivity index (χ0n) is 10.8. The topological polar surface area (TPSA) is 49.5 Å². The van der Waals surface area contributed by atoms with Gasteiger partial charge in [-0.3, -0.25) is 0 Å². The summed E-state index contributed by atoms with van der Waals surface area (Å²) in [6.45, 7) is 10.7. The van der Waals surface area contributed by atoms with Crippen molar-refractivity contribution in [1.29, 1.82) is 0 Å². The summed E-state index contributed by atoms with van der Waals surface area (Å²) < 4.78 is 0. The molecule has 3 heteroatoms.